The van der Waals surface area contributed by atoms with Crippen LogP contribution in [0, 0.1) is 0 Å². The molecule has 1 rings (SSSR count). The molecule has 0 aliphatic rings. The van der Waals surface area contributed by atoms with Crippen LogP contribution in [0.2, 0.25) is 0 Å². The molecule has 116 valence electrons. The normalized spacial score (nSPS) is 11.8. The summed E-state index contributed by atoms with van der Waals surface area (Å²) in [6.07, 6.45) is 2.91. The van der Waals surface area contributed by atoms with Gasteiger partial charge in [-0.15, -0.1) is 0 Å². The third-order valence-electron chi connectivity index (χ3n) is 3.56. The zero-order valence-corrected chi connectivity index (χ0v) is 13.5. The van der Waals surface area contributed by atoms with Crippen LogP contribution in [0.25, 0.3) is 0 Å². The second-order valence-corrected chi connectivity index (χ2v) is 5.44. The number of unbranched alkanes of at least 4 members (excludes halogenated alkanes) is 1. The van der Waals surface area contributed by atoms with Crippen molar-refractivity contribution in [3.63, 3.8) is 0 Å². The van der Waals surface area contributed by atoms with E-state index in [1.165, 1.54) is 0 Å². The number of rotatable bonds is 7. The Hall–Kier alpha value is -1.84. The molecular formula is C17H26N2O2. The molecule has 0 saturated heterocycles. The summed E-state index contributed by atoms with van der Waals surface area (Å²) in [6.45, 7) is 6.82. The molecule has 21 heavy (non-hydrogen) atoms. The standard InChI is InChI=1S/C17H26N2O2/c1-5-7-11-19(4)17(21)15-10-8-9-14(12-15)16(20)18-13(3)6-2/h8-10,12-13H,5-7,11H2,1-4H3,(H,18,20). The SMILES string of the molecule is CCCCN(C)C(=O)c1cccc(C(=O)NC(C)CC)c1. The first-order valence-corrected chi connectivity index (χ1v) is 7.66. The Kier molecular flexibility index (Phi) is 6.92. The van der Waals surface area contributed by atoms with E-state index in [1.54, 1.807) is 36.2 Å². The molecular weight excluding hydrogens is 264 g/mol. The topological polar surface area (TPSA) is 49.4 Å². The lowest BCUT2D eigenvalue weighted by Crippen LogP contribution is -2.32. The summed E-state index contributed by atoms with van der Waals surface area (Å²) in [6, 6.07) is 7.05. The fraction of sp³-hybridized carbons (Fsp3) is 0.529. The van der Waals surface area contributed by atoms with Gasteiger partial charge in [-0.1, -0.05) is 26.3 Å². The van der Waals surface area contributed by atoms with E-state index >= 15 is 0 Å². The van der Waals surface area contributed by atoms with Gasteiger partial charge in [-0.25, -0.2) is 0 Å². The van der Waals surface area contributed by atoms with Crippen molar-refractivity contribution in [2.45, 2.75) is 46.1 Å². The van der Waals surface area contributed by atoms with Crippen LogP contribution in [0.3, 0.4) is 0 Å². The monoisotopic (exact) mass is 290 g/mol. The molecule has 0 aromatic heterocycles. The van der Waals surface area contributed by atoms with E-state index in [0.717, 1.165) is 25.8 Å². The predicted molar refractivity (Wildman–Crippen MR) is 85.5 cm³/mol. The molecule has 4 heteroatoms. The molecule has 1 unspecified atom stereocenters. The number of amides is 2. The zero-order valence-electron chi connectivity index (χ0n) is 13.5. The minimum absolute atomic E-state index is 0.0401. The van der Waals surface area contributed by atoms with Gasteiger partial charge in [-0.2, -0.15) is 0 Å². The first-order valence-electron chi connectivity index (χ1n) is 7.66. The molecule has 2 amide bonds. The minimum Gasteiger partial charge on any atom is -0.350 e. The molecule has 0 fully saturated rings. The van der Waals surface area contributed by atoms with E-state index in [-0.39, 0.29) is 17.9 Å². The summed E-state index contributed by atoms with van der Waals surface area (Å²) in [7, 11) is 1.80. The van der Waals surface area contributed by atoms with E-state index in [1.807, 2.05) is 13.8 Å². The second-order valence-electron chi connectivity index (χ2n) is 5.44. The van der Waals surface area contributed by atoms with Crippen molar-refractivity contribution in [3.05, 3.63) is 35.4 Å². The van der Waals surface area contributed by atoms with Crippen LogP contribution in [0.4, 0.5) is 0 Å². The fourth-order valence-corrected chi connectivity index (χ4v) is 1.92. The number of carbonyl (C=O) groups is 2. The van der Waals surface area contributed by atoms with Crippen LogP contribution in [0.5, 0.6) is 0 Å². The molecule has 1 N–H and O–H groups in total. The van der Waals surface area contributed by atoms with Gasteiger partial charge in [-0.3, -0.25) is 9.59 Å². The van der Waals surface area contributed by atoms with E-state index in [2.05, 4.69) is 12.2 Å². The summed E-state index contributed by atoms with van der Waals surface area (Å²) in [4.78, 5) is 26.1. The minimum atomic E-state index is -0.129. The molecule has 0 saturated carbocycles. The number of nitrogens with one attached hydrogen (secondary N) is 1. The summed E-state index contributed by atoms with van der Waals surface area (Å²) in [5.41, 5.74) is 1.09. The van der Waals surface area contributed by atoms with Crippen LogP contribution in [-0.2, 0) is 0 Å². The van der Waals surface area contributed by atoms with Gasteiger partial charge in [0.2, 0.25) is 0 Å². The Morgan fingerprint density at radius 2 is 1.90 bits per heavy atom. The van der Waals surface area contributed by atoms with Gasteiger partial charge in [0.1, 0.15) is 0 Å². The highest BCUT2D eigenvalue weighted by Gasteiger charge is 2.14. The Bertz CT molecular complexity index is 485. The van der Waals surface area contributed by atoms with Crippen LogP contribution in [0.15, 0.2) is 24.3 Å². The molecule has 4 nitrogen and oxygen atoms in total. The van der Waals surface area contributed by atoms with E-state index < -0.39 is 0 Å². The third-order valence-corrected chi connectivity index (χ3v) is 3.56. The van der Waals surface area contributed by atoms with Gasteiger partial charge < -0.3 is 10.2 Å². The summed E-state index contributed by atoms with van der Waals surface area (Å²) >= 11 is 0. The van der Waals surface area contributed by atoms with E-state index in [4.69, 9.17) is 0 Å². The highest BCUT2D eigenvalue weighted by molar-refractivity contribution is 5.99. The van der Waals surface area contributed by atoms with Crippen molar-refractivity contribution in [1.82, 2.24) is 10.2 Å². The molecule has 0 bridgehead atoms. The number of hydrogen-bond acceptors (Lipinski definition) is 2. The lowest BCUT2D eigenvalue weighted by Gasteiger charge is -2.17. The number of nitrogens with zero attached hydrogens (tertiary/aromatic N) is 1. The van der Waals surface area contributed by atoms with E-state index in [9.17, 15) is 9.59 Å². The van der Waals surface area contributed by atoms with Crippen LogP contribution >= 0.6 is 0 Å². The first kappa shape index (κ1) is 17.2. The molecule has 0 heterocycles. The lowest BCUT2D eigenvalue weighted by atomic mass is 10.1. The van der Waals surface area contributed by atoms with Crippen molar-refractivity contribution >= 4 is 11.8 Å². The Balaban J connectivity index is 2.80. The lowest BCUT2D eigenvalue weighted by molar-refractivity contribution is 0.0793. The quantitative estimate of drug-likeness (QED) is 0.839. The summed E-state index contributed by atoms with van der Waals surface area (Å²) < 4.78 is 0. The first-order chi connectivity index (χ1) is 9.99. The van der Waals surface area contributed by atoms with E-state index in [0.29, 0.717) is 11.1 Å². The Morgan fingerprint density at radius 3 is 2.52 bits per heavy atom. The zero-order chi connectivity index (χ0) is 15.8. The third kappa shape index (κ3) is 5.21. The molecule has 1 aromatic carbocycles. The fourth-order valence-electron chi connectivity index (χ4n) is 1.92. The van der Waals surface area contributed by atoms with Crippen molar-refractivity contribution in [2.24, 2.45) is 0 Å². The molecule has 0 spiro atoms. The summed E-state index contributed by atoms with van der Waals surface area (Å²) in [5.74, 6) is -0.170. The van der Waals surface area contributed by atoms with Gasteiger partial charge in [-0.05, 0) is 38.0 Å². The van der Waals surface area contributed by atoms with Crippen molar-refractivity contribution in [1.29, 1.82) is 0 Å². The summed E-state index contributed by atoms with van der Waals surface area (Å²) in [5, 5.41) is 2.91. The largest absolute Gasteiger partial charge is 0.350 e. The smallest absolute Gasteiger partial charge is 0.253 e. The maximum Gasteiger partial charge on any atom is 0.253 e. The number of benzene rings is 1. The second kappa shape index (κ2) is 8.45. The van der Waals surface area contributed by atoms with Crippen LogP contribution in [0.1, 0.15) is 60.7 Å². The van der Waals surface area contributed by atoms with Gasteiger partial charge in [0.15, 0.2) is 0 Å². The van der Waals surface area contributed by atoms with Gasteiger partial charge >= 0.3 is 0 Å². The van der Waals surface area contributed by atoms with Gasteiger partial charge in [0, 0.05) is 30.8 Å². The maximum atomic E-state index is 12.3. The number of hydrogen-bond donors (Lipinski definition) is 1. The molecule has 0 aliphatic heterocycles. The average Bonchev–Trinajstić information content (AvgIpc) is 2.51. The van der Waals surface area contributed by atoms with Crippen LogP contribution in [-0.4, -0.2) is 36.3 Å². The molecule has 0 radical (unpaired) electrons. The van der Waals surface area contributed by atoms with Gasteiger partial charge in [0.05, 0.1) is 0 Å². The van der Waals surface area contributed by atoms with Crippen molar-refractivity contribution in [3.8, 4) is 0 Å². The maximum absolute atomic E-state index is 12.3. The molecule has 1 aromatic rings. The Labute approximate surface area is 127 Å². The van der Waals surface area contributed by atoms with Crippen molar-refractivity contribution in [2.75, 3.05) is 13.6 Å². The highest BCUT2D eigenvalue weighted by Crippen LogP contribution is 2.09. The molecule has 0 aliphatic carbocycles. The Morgan fingerprint density at radius 1 is 1.24 bits per heavy atom. The van der Waals surface area contributed by atoms with Crippen molar-refractivity contribution < 1.29 is 9.59 Å². The molecule has 1 atom stereocenters. The average molecular weight is 290 g/mol. The van der Waals surface area contributed by atoms with Crippen LogP contribution < -0.4 is 5.32 Å². The highest BCUT2D eigenvalue weighted by atomic mass is 16.2. The number of carbonyl (C=O) groups excluding carboxylic acids is 2. The van der Waals surface area contributed by atoms with Gasteiger partial charge in [0.25, 0.3) is 11.8 Å². The predicted octanol–water partition coefficient (Wildman–Crippen LogP) is 3.09.